The van der Waals surface area contributed by atoms with Crippen LogP contribution in [0.1, 0.15) is 19.3 Å². The number of nitrogens with two attached hydrogens (primary N) is 1. The van der Waals surface area contributed by atoms with Gasteiger partial charge in [-0.2, -0.15) is 0 Å². The lowest BCUT2D eigenvalue weighted by Gasteiger charge is -2.35. The van der Waals surface area contributed by atoms with Gasteiger partial charge in [-0.05, 0) is 31.4 Å². The van der Waals surface area contributed by atoms with Crippen molar-refractivity contribution < 1.29 is 4.79 Å². The molecule has 6 heteroatoms. The summed E-state index contributed by atoms with van der Waals surface area (Å²) < 4.78 is 0. The van der Waals surface area contributed by atoms with Gasteiger partial charge in [0.2, 0.25) is 5.91 Å². The molecular formula is C13H20ClN3OS. The van der Waals surface area contributed by atoms with E-state index in [1.165, 1.54) is 6.42 Å². The summed E-state index contributed by atoms with van der Waals surface area (Å²) in [5, 5.41) is 0. The number of likely N-dealkylation sites (tertiary alicyclic amines) is 1. The number of nitrogens with zero attached hydrogens (tertiary/aromatic N) is 2. The maximum absolute atomic E-state index is 12.2. The third-order valence-electron chi connectivity index (χ3n) is 3.23. The third kappa shape index (κ3) is 4.67. The van der Waals surface area contributed by atoms with Gasteiger partial charge in [-0.25, -0.2) is 0 Å². The van der Waals surface area contributed by atoms with Crippen LogP contribution in [0.2, 0.25) is 0 Å². The smallest absolute Gasteiger partial charge is 0.233 e. The summed E-state index contributed by atoms with van der Waals surface area (Å²) in [6.07, 6.45) is 6.82. The standard InChI is InChI=1S/C13H19N3OS.ClH/c14-9-11-3-1-2-8-16(11)13(17)10-18-12-4-6-15-7-5-12;/h4-7,11H,1-3,8-10,14H2;1H. The molecule has 1 aliphatic heterocycles. The number of amides is 1. The number of hydrogen-bond donors (Lipinski definition) is 1. The molecule has 2 rings (SSSR count). The Bertz CT molecular complexity index is 391. The first-order valence-electron chi connectivity index (χ1n) is 6.33. The molecule has 0 aromatic carbocycles. The fraction of sp³-hybridized carbons (Fsp3) is 0.538. The van der Waals surface area contributed by atoms with Crippen LogP contribution < -0.4 is 5.73 Å². The number of carbonyl (C=O) groups excluding carboxylic acids is 1. The molecule has 1 amide bonds. The highest BCUT2D eigenvalue weighted by Gasteiger charge is 2.25. The van der Waals surface area contributed by atoms with Crippen molar-refractivity contribution in [2.75, 3.05) is 18.8 Å². The summed E-state index contributed by atoms with van der Waals surface area (Å²) in [5.74, 6) is 0.688. The van der Waals surface area contributed by atoms with Gasteiger partial charge in [0.05, 0.1) is 5.75 Å². The zero-order chi connectivity index (χ0) is 12.8. The normalized spacial score (nSPS) is 18.8. The van der Waals surface area contributed by atoms with Crippen LogP contribution in [0.3, 0.4) is 0 Å². The molecule has 106 valence electrons. The summed E-state index contributed by atoms with van der Waals surface area (Å²) in [5.41, 5.74) is 5.73. The molecule has 1 fully saturated rings. The molecule has 0 radical (unpaired) electrons. The second kappa shape index (κ2) is 8.40. The van der Waals surface area contributed by atoms with E-state index in [0.29, 0.717) is 12.3 Å². The fourth-order valence-corrected chi connectivity index (χ4v) is 3.01. The number of aromatic nitrogens is 1. The molecular weight excluding hydrogens is 282 g/mol. The van der Waals surface area contributed by atoms with Crippen LogP contribution in [0.5, 0.6) is 0 Å². The Kier molecular flexibility index (Phi) is 7.20. The van der Waals surface area contributed by atoms with E-state index in [2.05, 4.69) is 4.98 Å². The van der Waals surface area contributed by atoms with Gasteiger partial charge < -0.3 is 10.6 Å². The van der Waals surface area contributed by atoms with E-state index < -0.39 is 0 Å². The van der Waals surface area contributed by atoms with Crippen LogP contribution in [0.15, 0.2) is 29.4 Å². The Hall–Kier alpha value is -0.780. The van der Waals surface area contributed by atoms with Crippen molar-refractivity contribution in [3.63, 3.8) is 0 Å². The lowest BCUT2D eigenvalue weighted by molar-refractivity contribution is -0.131. The van der Waals surface area contributed by atoms with Gasteiger partial charge in [0.25, 0.3) is 0 Å². The number of hydrogen-bond acceptors (Lipinski definition) is 4. The van der Waals surface area contributed by atoms with Crippen LogP contribution in [-0.4, -0.2) is 40.7 Å². The summed E-state index contributed by atoms with van der Waals surface area (Å²) in [7, 11) is 0. The summed E-state index contributed by atoms with van der Waals surface area (Å²) in [4.78, 5) is 19.2. The SMILES string of the molecule is Cl.NCC1CCCCN1C(=O)CSc1ccncc1. The number of halogens is 1. The average Bonchev–Trinajstić information content (AvgIpc) is 2.45. The highest BCUT2D eigenvalue weighted by molar-refractivity contribution is 8.00. The largest absolute Gasteiger partial charge is 0.338 e. The van der Waals surface area contributed by atoms with Gasteiger partial charge >= 0.3 is 0 Å². The predicted molar refractivity (Wildman–Crippen MR) is 80.6 cm³/mol. The van der Waals surface area contributed by atoms with Crippen molar-refractivity contribution in [3.8, 4) is 0 Å². The molecule has 2 heterocycles. The molecule has 0 saturated carbocycles. The van der Waals surface area contributed by atoms with Gasteiger partial charge in [-0.1, -0.05) is 0 Å². The van der Waals surface area contributed by atoms with E-state index in [4.69, 9.17) is 5.73 Å². The van der Waals surface area contributed by atoms with Crippen molar-refractivity contribution in [2.24, 2.45) is 5.73 Å². The average molecular weight is 302 g/mol. The number of thioether (sulfide) groups is 1. The van der Waals surface area contributed by atoms with E-state index in [1.807, 2.05) is 17.0 Å². The minimum atomic E-state index is 0. The third-order valence-corrected chi connectivity index (χ3v) is 4.23. The lowest BCUT2D eigenvalue weighted by atomic mass is 10.0. The molecule has 1 aromatic heterocycles. The molecule has 0 aliphatic carbocycles. The minimum absolute atomic E-state index is 0. The lowest BCUT2D eigenvalue weighted by Crippen LogP contribution is -2.48. The molecule has 0 spiro atoms. The Labute approximate surface area is 124 Å². The van der Waals surface area contributed by atoms with Gasteiger partial charge in [0.15, 0.2) is 0 Å². The fourth-order valence-electron chi connectivity index (χ4n) is 2.24. The molecule has 2 N–H and O–H groups in total. The minimum Gasteiger partial charge on any atom is -0.338 e. The topological polar surface area (TPSA) is 59.2 Å². The first-order valence-corrected chi connectivity index (χ1v) is 7.32. The van der Waals surface area contributed by atoms with Crippen LogP contribution >= 0.6 is 24.2 Å². The molecule has 0 bridgehead atoms. The summed E-state index contributed by atoms with van der Waals surface area (Å²) in [6.45, 7) is 1.43. The molecule has 1 saturated heterocycles. The molecule has 1 aromatic rings. The van der Waals surface area contributed by atoms with E-state index in [0.717, 1.165) is 24.3 Å². The van der Waals surface area contributed by atoms with Crippen molar-refractivity contribution in [1.29, 1.82) is 0 Å². The highest BCUT2D eigenvalue weighted by atomic mass is 35.5. The van der Waals surface area contributed by atoms with Crippen molar-refractivity contribution in [1.82, 2.24) is 9.88 Å². The Morgan fingerprint density at radius 3 is 2.84 bits per heavy atom. The van der Waals surface area contributed by atoms with Gasteiger partial charge in [0, 0.05) is 36.4 Å². The van der Waals surface area contributed by atoms with Gasteiger partial charge in [0.1, 0.15) is 0 Å². The molecule has 1 aliphatic rings. The van der Waals surface area contributed by atoms with Gasteiger partial charge in [-0.3, -0.25) is 9.78 Å². The van der Waals surface area contributed by atoms with Crippen molar-refractivity contribution in [3.05, 3.63) is 24.5 Å². The maximum atomic E-state index is 12.2. The monoisotopic (exact) mass is 301 g/mol. The zero-order valence-corrected chi connectivity index (χ0v) is 12.5. The van der Waals surface area contributed by atoms with Crippen LogP contribution in [0, 0.1) is 0 Å². The summed E-state index contributed by atoms with van der Waals surface area (Å²) >= 11 is 1.56. The molecule has 19 heavy (non-hydrogen) atoms. The number of rotatable bonds is 4. The Morgan fingerprint density at radius 2 is 2.16 bits per heavy atom. The highest BCUT2D eigenvalue weighted by Crippen LogP contribution is 2.20. The first kappa shape index (κ1) is 16.3. The molecule has 1 unspecified atom stereocenters. The van der Waals surface area contributed by atoms with Crippen molar-refractivity contribution in [2.45, 2.75) is 30.2 Å². The van der Waals surface area contributed by atoms with E-state index >= 15 is 0 Å². The number of piperidine rings is 1. The number of pyridine rings is 1. The Morgan fingerprint density at radius 1 is 1.42 bits per heavy atom. The Balaban J connectivity index is 0.00000180. The first-order chi connectivity index (χ1) is 8.81. The van der Waals surface area contributed by atoms with E-state index in [9.17, 15) is 4.79 Å². The second-order valence-corrected chi connectivity index (χ2v) is 5.49. The summed E-state index contributed by atoms with van der Waals surface area (Å²) in [6, 6.07) is 4.09. The molecule has 1 atom stereocenters. The number of carbonyl (C=O) groups is 1. The van der Waals surface area contributed by atoms with Crippen molar-refractivity contribution >= 4 is 30.1 Å². The van der Waals surface area contributed by atoms with Gasteiger partial charge in [-0.15, -0.1) is 24.2 Å². The second-order valence-electron chi connectivity index (χ2n) is 4.44. The quantitative estimate of drug-likeness (QED) is 0.864. The van der Waals surface area contributed by atoms with Crippen LogP contribution in [0.4, 0.5) is 0 Å². The molecule has 4 nitrogen and oxygen atoms in total. The zero-order valence-electron chi connectivity index (χ0n) is 10.8. The van der Waals surface area contributed by atoms with Crippen LogP contribution in [-0.2, 0) is 4.79 Å². The predicted octanol–water partition coefficient (Wildman–Crippen LogP) is 1.94. The maximum Gasteiger partial charge on any atom is 0.233 e. The van der Waals surface area contributed by atoms with Crippen LogP contribution in [0.25, 0.3) is 0 Å². The van der Waals surface area contributed by atoms with E-state index in [1.54, 1.807) is 24.2 Å². The van der Waals surface area contributed by atoms with E-state index in [-0.39, 0.29) is 24.4 Å².